The third-order valence-corrected chi connectivity index (χ3v) is 3.12. The summed E-state index contributed by atoms with van der Waals surface area (Å²) in [5, 5.41) is 12.2. The molecule has 1 saturated heterocycles. The predicted octanol–water partition coefficient (Wildman–Crippen LogP) is 1.09. The SMILES string of the molecule is CC(C)(C)NCCC(=O)N1CCC[C@H](C(=O)O)C1. The van der Waals surface area contributed by atoms with Crippen molar-refractivity contribution in [3.8, 4) is 0 Å². The maximum absolute atomic E-state index is 11.9. The summed E-state index contributed by atoms with van der Waals surface area (Å²) in [5.41, 5.74) is 0.00573. The zero-order valence-electron chi connectivity index (χ0n) is 11.5. The van der Waals surface area contributed by atoms with E-state index in [1.807, 2.05) is 0 Å². The van der Waals surface area contributed by atoms with E-state index in [1.54, 1.807) is 4.90 Å². The van der Waals surface area contributed by atoms with Crippen molar-refractivity contribution in [1.82, 2.24) is 10.2 Å². The molecular weight excluding hydrogens is 232 g/mol. The molecule has 0 spiro atoms. The van der Waals surface area contributed by atoms with Gasteiger partial charge in [-0.05, 0) is 33.6 Å². The molecule has 104 valence electrons. The predicted molar refractivity (Wildman–Crippen MR) is 69.3 cm³/mol. The average molecular weight is 256 g/mol. The average Bonchev–Trinajstić information content (AvgIpc) is 2.27. The molecule has 0 bridgehead atoms. The van der Waals surface area contributed by atoms with Crippen LogP contribution in [0.2, 0.25) is 0 Å². The van der Waals surface area contributed by atoms with Gasteiger partial charge in [-0.25, -0.2) is 0 Å². The molecule has 5 heteroatoms. The number of carboxylic acid groups (broad SMARTS) is 1. The lowest BCUT2D eigenvalue weighted by Gasteiger charge is -2.31. The van der Waals surface area contributed by atoms with Crippen molar-refractivity contribution in [1.29, 1.82) is 0 Å². The lowest BCUT2D eigenvalue weighted by molar-refractivity contribution is -0.145. The Morgan fingerprint density at radius 3 is 2.61 bits per heavy atom. The van der Waals surface area contributed by atoms with Crippen molar-refractivity contribution in [2.24, 2.45) is 5.92 Å². The second-order valence-electron chi connectivity index (χ2n) is 5.94. The first-order valence-corrected chi connectivity index (χ1v) is 6.55. The molecule has 1 rings (SSSR count). The smallest absolute Gasteiger partial charge is 0.308 e. The number of carboxylic acids is 1. The van der Waals surface area contributed by atoms with Crippen molar-refractivity contribution in [3.05, 3.63) is 0 Å². The van der Waals surface area contributed by atoms with Crippen LogP contribution in [0.5, 0.6) is 0 Å². The fourth-order valence-corrected chi connectivity index (χ4v) is 2.11. The largest absolute Gasteiger partial charge is 0.481 e. The Labute approximate surface area is 109 Å². The molecule has 1 aliphatic rings. The molecule has 0 aliphatic carbocycles. The normalized spacial score (nSPS) is 20.8. The van der Waals surface area contributed by atoms with Crippen molar-refractivity contribution in [2.75, 3.05) is 19.6 Å². The van der Waals surface area contributed by atoms with Crippen LogP contribution in [-0.4, -0.2) is 47.1 Å². The van der Waals surface area contributed by atoms with E-state index in [-0.39, 0.29) is 11.4 Å². The van der Waals surface area contributed by atoms with Crippen molar-refractivity contribution in [2.45, 2.75) is 45.6 Å². The standard InChI is InChI=1S/C13H24N2O3/c1-13(2,3)14-7-6-11(16)15-8-4-5-10(9-15)12(17)18/h10,14H,4-9H2,1-3H3,(H,17,18)/t10-/m0/s1. The first-order valence-electron chi connectivity index (χ1n) is 6.55. The number of aliphatic carboxylic acids is 1. The first kappa shape index (κ1) is 15.0. The van der Waals surface area contributed by atoms with Crippen LogP contribution in [-0.2, 0) is 9.59 Å². The van der Waals surface area contributed by atoms with Gasteiger partial charge in [0.2, 0.25) is 5.91 Å². The Morgan fingerprint density at radius 1 is 1.39 bits per heavy atom. The number of hydrogen-bond donors (Lipinski definition) is 2. The highest BCUT2D eigenvalue weighted by Gasteiger charge is 2.27. The number of carbonyl (C=O) groups excluding carboxylic acids is 1. The molecule has 0 aromatic rings. The summed E-state index contributed by atoms with van der Waals surface area (Å²) in [4.78, 5) is 24.5. The van der Waals surface area contributed by atoms with Crippen LogP contribution in [0, 0.1) is 5.92 Å². The van der Waals surface area contributed by atoms with Gasteiger partial charge in [0.05, 0.1) is 5.92 Å². The van der Waals surface area contributed by atoms with Gasteiger partial charge in [0.15, 0.2) is 0 Å². The third-order valence-electron chi connectivity index (χ3n) is 3.12. The van der Waals surface area contributed by atoms with Crippen molar-refractivity contribution >= 4 is 11.9 Å². The Kier molecular flexibility index (Phi) is 5.14. The minimum absolute atomic E-state index is 0.00573. The number of hydrogen-bond acceptors (Lipinski definition) is 3. The van der Waals surface area contributed by atoms with Crippen LogP contribution in [0.25, 0.3) is 0 Å². The molecule has 0 radical (unpaired) electrons. The Morgan fingerprint density at radius 2 is 2.06 bits per heavy atom. The summed E-state index contributed by atoms with van der Waals surface area (Å²) >= 11 is 0. The maximum Gasteiger partial charge on any atom is 0.308 e. The van der Waals surface area contributed by atoms with Crippen LogP contribution in [0.1, 0.15) is 40.0 Å². The molecule has 0 unspecified atom stereocenters. The van der Waals surface area contributed by atoms with E-state index in [0.29, 0.717) is 32.5 Å². The number of nitrogens with one attached hydrogen (secondary N) is 1. The molecule has 5 nitrogen and oxygen atoms in total. The van der Waals surface area contributed by atoms with E-state index in [4.69, 9.17) is 5.11 Å². The van der Waals surface area contributed by atoms with Crippen LogP contribution in [0.4, 0.5) is 0 Å². The summed E-state index contributed by atoms with van der Waals surface area (Å²) < 4.78 is 0. The van der Waals surface area contributed by atoms with E-state index >= 15 is 0 Å². The molecule has 2 N–H and O–H groups in total. The molecular formula is C13H24N2O3. The second kappa shape index (κ2) is 6.18. The van der Waals surface area contributed by atoms with E-state index < -0.39 is 11.9 Å². The van der Waals surface area contributed by atoms with Crippen LogP contribution < -0.4 is 5.32 Å². The second-order valence-corrected chi connectivity index (χ2v) is 5.94. The molecule has 0 aromatic heterocycles. The van der Waals surface area contributed by atoms with Crippen LogP contribution >= 0.6 is 0 Å². The molecule has 1 heterocycles. The lowest BCUT2D eigenvalue weighted by atomic mass is 9.98. The van der Waals surface area contributed by atoms with Gasteiger partial charge in [-0.1, -0.05) is 0 Å². The summed E-state index contributed by atoms with van der Waals surface area (Å²) in [5.74, 6) is -1.13. The number of amides is 1. The summed E-state index contributed by atoms with van der Waals surface area (Å²) in [6.45, 7) is 7.86. The molecule has 0 aromatic carbocycles. The first-order chi connectivity index (χ1) is 8.29. The molecule has 18 heavy (non-hydrogen) atoms. The highest BCUT2D eigenvalue weighted by atomic mass is 16.4. The van der Waals surface area contributed by atoms with Gasteiger partial charge in [-0.3, -0.25) is 9.59 Å². The van der Waals surface area contributed by atoms with Crippen LogP contribution in [0.3, 0.4) is 0 Å². The van der Waals surface area contributed by atoms with Crippen molar-refractivity contribution < 1.29 is 14.7 Å². The fourth-order valence-electron chi connectivity index (χ4n) is 2.11. The zero-order valence-corrected chi connectivity index (χ0v) is 11.5. The number of nitrogens with zero attached hydrogens (tertiary/aromatic N) is 1. The number of piperidine rings is 1. The van der Waals surface area contributed by atoms with E-state index in [9.17, 15) is 9.59 Å². The highest BCUT2D eigenvalue weighted by molar-refractivity contribution is 5.78. The van der Waals surface area contributed by atoms with Gasteiger partial charge in [0.25, 0.3) is 0 Å². The number of carbonyl (C=O) groups is 2. The van der Waals surface area contributed by atoms with Gasteiger partial charge in [-0.15, -0.1) is 0 Å². The monoisotopic (exact) mass is 256 g/mol. The number of likely N-dealkylation sites (tertiary alicyclic amines) is 1. The molecule has 1 atom stereocenters. The third kappa shape index (κ3) is 5.04. The summed E-state index contributed by atoms with van der Waals surface area (Å²) in [6.07, 6.45) is 1.90. The maximum atomic E-state index is 11.9. The van der Waals surface area contributed by atoms with Crippen LogP contribution in [0.15, 0.2) is 0 Å². The van der Waals surface area contributed by atoms with E-state index in [0.717, 1.165) is 6.42 Å². The molecule has 1 aliphatic heterocycles. The van der Waals surface area contributed by atoms with Gasteiger partial charge >= 0.3 is 5.97 Å². The highest BCUT2D eigenvalue weighted by Crippen LogP contribution is 2.17. The Balaban J connectivity index is 2.35. The molecule has 1 amide bonds. The molecule has 1 fully saturated rings. The zero-order chi connectivity index (χ0) is 13.8. The quantitative estimate of drug-likeness (QED) is 0.790. The lowest BCUT2D eigenvalue weighted by Crippen LogP contribution is -2.44. The van der Waals surface area contributed by atoms with Crippen molar-refractivity contribution in [3.63, 3.8) is 0 Å². The summed E-state index contributed by atoms with van der Waals surface area (Å²) in [6, 6.07) is 0. The van der Waals surface area contributed by atoms with E-state index in [1.165, 1.54) is 0 Å². The van der Waals surface area contributed by atoms with Gasteiger partial charge < -0.3 is 15.3 Å². The minimum Gasteiger partial charge on any atom is -0.481 e. The number of rotatable bonds is 4. The minimum atomic E-state index is -0.791. The Hall–Kier alpha value is -1.10. The Bertz CT molecular complexity index is 310. The van der Waals surface area contributed by atoms with Gasteiger partial charge in [-0.2, -0.15) is 0 Å². The topological polar surface area (TPSA) is 69.6 Å². The summed E-state index contributed by atoms with van der Waals surface area (Å²) in [7, 11) is 0. The fraction of sp³-hybridized carbons (Fsp3) is 0.846. The van der Waals surface area contributed by atoms with Gasteiger partial charge in [0.1, 0.15) is 0 Å². The van der Waals surface area contributed by atoms with E-state index in [2.05, 4.69) is 26.1 Å². The van der Waals surface area contributed by atoms with Gasteiger partial charge in [0, 0.05) is 31.6 Å². The molecule has 0 saturated carbocycles.